The van der Waals surface area contributed by atoms with Crippen LogP contribution in [0.25, 0.3) is 0 Å². The van der Waals surface area contributed by atoms with E-state index in [9.17, 15) is 18.0 Å². The van der Waals surface area contributed by atoms with Crippen LogP contribution in [-0.4, -0.2) is 50.9 Å². The predicted molar refractivity (Wildman–Crippen MR) is 183 cm³/mol. The SMILES string of the molecule is CCC(C)NC(=O)C(Cc1ccccc1)N(Cc1cccc(C)c1)C(=O)CN(c1ccc(OC)c(Cl)c1)S(=O)(=O)c1ccccc1. The Morgan fingerprint density at radius 2 is 1.54 bits per heavy atom. The molecule has 2 unspecified atom stereocenters. The normalized spacial score (nSPS) is 12.5. The molecule has 4 aromatic rings. The molecule has 0 bridgehead atoms. The summed E-state index contributed by atoms with van der Waals surface area (Å²) in [5.41, 5.74) is 2.86. The zero-order valence-corrected chi connectivity index (χ0v) is 28.1. The first-order chi connectivity index (χ1) is 22.0. The van der Waals surface area contributed by atoms with Crippen LogP contribution in [0, 0.1) is 6.92 Å². The molecule has 0 fully saturated rings. The van der Waals surface area contributed by atoms with Crippen molar-refractivity contribution in [2.24, 2.45) is 0 Å². The van der Waals surface area contributed by atoms with Gasteiger partial charge >= 0.3 is 0 Å². The van der Waals surface area contributed by atoms with Gasteiger partial charge in [-0.05, 0) is 61.7 Å². The maximum Gasteiger partial charge on any atom is 0.264 e. The van der Waals surface area contributed by atoms with Gasteiger partial charge < -0.3 is 15.0 Å². The molecule has 4 rings (SSSR count). The molecule has 10 heteroatoms. The number of ether oxygens (including phenoxy) is 1. The number of sulfonamides is 1. The summed E-state index contributed by atoms with van der Waals surface area (Å²) in [6, 6.07) is 28.5. The van der Waals surface area contributed by atoms with Gasteiger partial charge in [-0.2, -0.15) is 0 Å². The minimum Gasteiger partial charge on any atom is -0.495 e. The summed E-state index contributed by atoms with van der Waals surface area (Å²) in [5.74, 6) is -0.503. The van der Waals surface area contributed by atoms with E-state index in [2.05, 4.69) is 5.32 Å². The maximum atomic E-state index is 14.6. The lowest BCUT2D eigenvalue weighted by Crippen LogP contribution is -2.54. The molecule has 8 nitrogen and oxygen atoms in total. The second kappa shape index (κ2) is 15.8. The van der Waals surface area contributed by atoms with E-state index < -0.39 is 28.5 Å². The van der Waals surface area contributed by atoms with Gasteiger partial charge in [-0.15, -0.1) is 0 Å². The average Bonchev–Trinajstić information content (AvgIpc) is 3.05. The van der Waals surface area contributed by atoms with Crippen molar-refractivity contribution in [1.82, 2.24) is 10.2 Å². The fourth-order valence-electron chi connectivity index (χ4n) is 5.06. The minimum absolute atomic E-state index is 0.00956. The molecule has 0 aliphatic rings. The molecule has 46 heavy (non-hydrogen) atoms. The lowest BCUT2D eigenvalue weighted by atomic mass is 10.0. The van der Waals surface area contributed by atoms with Crippen LogP contribution in [0.1, 0.15) is 37.0 Å². The summed E-state index contributed by atoms with van der Waals surface area (Å²) in [7, 11) is -2.78. The number of nitrogens with zero attached hydrogens (tertiary/aromatic N) is 2. The lowest BCUT2D eigenvalue weighted by Gasteiger charge is -2.34. The summed E-state index contributed by atoms with van der Waals surface area (Å²) in [5, 5.41) is 3.23. The Morgan fingerprint density at radius 1 is 0.891 bits per heavy atom. The van der Waals surface area contributed by atoms with Crippen molar-refractivity contribution in [3.8, 4) is 5.75 Å². The van der Waals surface area contributed by atoms with Crippen molar-refractivity contribution in [3.63, 3.8) is 0 Å². The van der Waals surface area contributed by atoms with Crippen molar-refractivity contribution in [3.05, 3.63) is 125 Å². The van der Waals surface area contributed by atoms with Crippen LogP contribution in [-0.2, 0) is 32.6 Å². The van der Waals surface area contributed by atoms with Crippen LogP contribution >= 0.6 is 11.6 Å². The van der Waals surface area contributed by atoms with Crippen LogP contribution in [0.3, 0.4) is 0 Å². The van der Waals surface area contributed by atoms with E-state index in [-0.39, 0.29) is 40.5 Å². The number of carbonyl (C=O) groups excluding carboxylic acids is 2. The highest BCUT2D eigenvalue weighted by Gasteiger charge is 2.35. The molecule has 4 aromatic carbocycles. The summed E-state index contributed by atoms with van der Waals surface area (Å²) < 4.78 is 34.6. The molecule has 0 heterocycles. The Hall–Kier alpha value is -4.34. The van der Waals surface area contributed by atoms with Gasteiger partial charge in [0.25, 0.3) is 10.0 Å². The monoisotopic (exact) mass is 661 g/mol. The number of rotatable bonds is 14. The highest BCUT2D eigenvalue weighted by atomic mass is 35.5. The third kappa shape index (κ3) is 8.68. The first-order valence-electron chi connectivity index (χ1n) is 15.1. The Morgan fingerprint density at radius 3 is 2.15 bits per heavy atom. The van der Waals surface area contributed by atoms with E-state index in [4.69, 9.17) is 16.3 Å². The minimum atomic E-state index is -4.24. The zero-order valence-electron chi connectivity index (χ0n) is 26.5. The van der Waals surface area contributed by atoms with E-state index in [1.165, 1.54) is 30.2 Å². The van der Waals surface area contributed by atoms with Gasteiger partial charge in [0.2, 0.25) is 11.8 Å². The van der Waals surface area contributed by atoms with E-state index in [0.29, 0.717) is 12.2 Å². The molecule has 2 atom stereocenters. The summed E-state index contributed by atoms with van der Waals surface area (Å²) in [6.07, 6.45) is 0.942. The van der Waals surface area contributed by atoms with Gasteiger partial charge in [0.15, 0.2) is 0 Å². The number of carbonyl (C=O) groups is 2. The molecule has 242 valence electrons. The van der Waals surface area contributed by atoms with E-state index in [0.717, 1.165) is 21.0 Å². The second-order valence-electron chi connectivity index (χ2n) is 11.2. The number of anilines is 1. The number of hydrogen-bond donors (Lipinski definition) is 1. The molecular weight excluding hydrogens is 622 g/mol. The molecule has 0 aliphatic heterocycles. The zero-order chi connectivity index (χ0) is 33.3. The highest BCUT2D eigenvalue weighted by Crippen LogP contribution is 2.32. The predicted octanol–water partition coefficient (Wildman–Crippen LogP) is 6.41. The van der Waals surface area contributed by atoms with E-state index in [1.54, 1.807) is 30.3 Å². The standard InChI is InChI=1S/C36H40ClN3O5S/c1-5-27(3)38-36(42)33(22-28-14-8-6-9-15-28)39(24-29-16-12-13-26(2)21-29)35(41)25-40(30-19-20-34(45-4)32(37)23-30)46(43,44)31-17-10-7-11-18-31/h6-21,23,27,33H,5,22,24-25H2,1-4H3,(H,38,42). The highest BCUT2D eigenvalue weighted by molar-refractivity contribution is 7.92. The van der Waals surface area contributed by atoms with Crippen LogP contribution in [0.2, 0.25) is 5.02 Å². The van der Waals surface area contributed by atoms with Crippen molar-refractivity contribution < 1.29 is 22.7 Å². The third-order valence-electron chi connectivity index (χ3n) is 7.74. The maximum absolute atomic E-state index is 14.6. The van der Waals surface area contributed by atoms with Crippen molar-refractivity contribution in [2.75, 3.05) is 18.0 Å². The summed E-state index contributed by atoms with van der Waals surface area (Å²) in [6.45, 7) is 5.35. The number of benzene rings is 4. The van der Waals surface area contributed by atoms with Gasteiger partial charge in [0.1, 0.15) is 18.3 Å². The summed E-state index contributed by atoms with van der Waals surface area (Å²) >= 11 is 6.44. The Kier molecular flexibility index (Phi) is 11.8. The molecule has 0 spiro atoms. The number of hydrogen-bond acceptors (Lipinski definition) is 5. The average molecular weight is 662 g/mol. The van der Waals surface area contributed by atoms with Gasteiger partial charge in [-0.3, -0.25) is 13.9 Å². The molecule has 1 N–H and O–H groups in total. The number of nitrogens with one attached hydrogen (secondary N) is 1. The van der Waals surface area contributed by atoms with Crippen molar-refractivity contribution in [1.29, 1.82) is 0 Å². The number of methoxy groups -OCH3 is 1. The number of aryl methyl sites for hydroxylation is 1. The van der Waals surface area contributed by atoms with Crippen LogP contribution in [0.5, 0.6) is 5.75 Å². The Labute approximate surface area is 277 Å². The first-order valence-corrected chi connectivity index (χ1v) is 17.0. The molecule has 0 aromatic heterocycles. The Bertz CT molecular complexity index is 1740. The van der Waals surface area contributed by atoms with Gasteiger partial charge in [0.05, 0.1) is 22.7 Å². The first kappa shape index (κ1) is 34.5. The van der Waals surface area contributed by atoms with Crippen LogP contribution in [0.4, 0.5) is 5.69 Å². The topological polar surface area (TPSA) is 96.0 Å². The van der Waals surface area contributed by atoms with Gasteiger partial charge in [-0.1, -0.05) is 96.9 Å². The van der Waals surface area contributed by atoms with E-state index >= 15 is 0 Å². The smallest absolute Gasteiger partial charge is 0.264 e. The van der Waals surface area contributed by atoms with Crippen LogP contribution < -0.4 is 14.4 Å². The fourth-order valence-corrected chi connectivity index (χ4v) is 6.74. The largest absolute Gasteiger partial charge is 0.495 e. The Balaban J connectivity index is 1.83. The number of amides is 2. The lowest BCUT2D eigenvalue weighted by molar-refractivity contribution is -0.140. The molecule has 0 saturated carbocycles. The van der Waals surface area contributed by atoms with Crippen molar-refractivity contribution in [2.45, 2.75) is 57.1 Å². The fraction of sp³-hybridized carbons (Fsp3) is 0.278. The molecule has 2 amide bonds. The van der Waals surface area contributed by atoms with Crippen molar-refractivity contribution >= 4 is 39.1 Å². The van der Waals surface area contributed by atoms with Gasteiger partial charge in [-0.25, -0.2) is 8.42 Å². The second-order valence-corrected chi connectivity index (χ2v) is 13.4. The molecule has 0 radical (unpaired) electrons. The summed E-state index contributed by atoms with van der Waals surface area (Å²) in [4.78, 5) is 30.0. The quantitative estimate of drug-likeness (QED) is 0.169. The van der Waals surface area contributed by atoms with Crippen LogP contribution in [0.15, 0.2) is 108 Å². The molecule has 0 aliphatic carbocycles. The molecular formula is C36H40ClN3O5S. The number of halogens is 1. The van der Waals surface area contributed by atoms with E-state index in [1.807, 2.05) is 75.4 Å². The van der Waals surface area contributed by atoms with Gasteiger partial charge in [0, 0.05) is 19.0 Å². The third-order valence-corrected chi connectivity index (χ3v) is 9.82. The molecule has 0 saturated heterocycles.